The van der Waals surface area contributed by atoms with E-state index in [2.05, 4.69) is 39.4 Å². The van der Waals surface area contributed by atoms with Gasteiger partial charge in [-0.2, -0.15) is 5.10 Å². The van der Waals surface area contributed by atoms with Gasteiger partial charge in [0.25, 0.3) is 0 Å². The minimum Gasteiger partial charge on any atom is -0.368 e. The van der Waals surface area contributed by atoms with E-state index in [1.807, 2.05) is 0 Å². The minimum absolute atomic E-state index is 0.00985. The van der Waals surface area contributed by atoms with E-state index in [1.54, 1.807) is 6.20 Å². The third-order valence-corrected chi connectivity index (χ3v) is 4.24. The Bertz CT molecular complexity index is 552. The zero-order chi connectivity index (χ0) is 17.5. The molecule has 9 heteroatoms. The molecule has 2 rings (SSSR count). The third kappa shape index (κ3) is 5.50. The fourth-order valence-corrected chi connectivity index (χ4v) is 2.74. The van der Waals surface area contributed by atoms with Crippen LogP contribution in [-0.2, 0) is 11.3 Å². The molecule has 134 valence electrons. The molecule has 1 aromatic heterocycles. The lowest BCUT2D eigenvalue weighted by atomic mass is 10.2. The first-order chi connectivity index (χ1) is 11.5. The van der Waals surface area contributed by atoms with Crippen molar-refractivity contribution in [3.8, 4) is 0 Å². The number of nitrogens with one attached hydrogen (secondary N) is 2. The Morgan fingerprint density at radius 1 is 1.33 bits per heavy atom. The van der Waals surface area contributed by atoms with Crippen molar-refractivity contribution in [1.82, 2.24) is 24.9 Å². The molecule has 1 saturated heterocycles. The lowest BCUT2D eigenvalue weighted by molar-refractivity contribution is -0.118. The van der Waals surface area contributed by atoms with Crippen molar-refractivity contribution in [2.45, 2.75) is 26.4 Å². The Morgan fingerprint density at radius 2 is 2.04 bits per heavy atom. The van der Waals surface area contributed by atoms with Crippen molar-refractivity contribution in [3.05, 3.63) is 12.4 Å². The second kappa shape index (κ2) is 8.65. The number of nitrogens with two attached hydrogens (primary N) is 1. The van der Waals surface area contributed by atoms with E-state index < -0.39 is 5.91 Å². The topological polar surface area (TPSA) is 109 Å². The molecule has 0 aromatic carbocycles. The van der Waals surface area contributed by atoms with Gasteiger partial charge in [0, 0.05) is 45.0 Å². The number of piperazine rings is 1. The maximum atomic E-state index is 12.0. The molecule has 2 heterocycles. The van der Waals surface area contributed by atoms with Gasteiger partial charge in [-0.25, -0.2) is 4.79 Å². The number of hydrogen-bond acceptors (Lipinski definition) is 5. The van der Waals surface area contributed by atoms with Crippen molar-refractivity contribution in [2.24, 2.45) is 5.73 Å². The number of hydrogen-bond donors (Lipinski definition) is 3. The Hall–Kier alpha value is -2.13. The molecule has 4 N–H and O–H groups in total. The molecule has 0 aliphatic carbocycles. The van der Waals surface area contributed by atoms with Crippen LogP contribution in [0.25, 0.3) is 0 Å². The first-order valence-electron chi connectivity index (χ1n) is 8.30. The largest absolute Gasteiger partial charge is 0.368 e. The van der Waals surface area contributed by atoms with Crippen LogP contribution in [0.4, 0.5) is 10.5 Å². The first-order valence-corrected chi connectivity index (χ1v) is 8.30. The molecule has 1 aromatic rings. The monoisotopic (exact) mass is 337 g/mol. The predicted molar refractivity (Wildman–Crippen MR) is 91.6 cm³/mol. The van der Waals surface area contributed by atoms with E-state index in [0.29, 0.717) is 12.2 Å². The summed E-state index contributed by atoms with van der Waals surface area (Å²) in [5.41, 5.74) is 5.62. The summed E-state index contributed by atoms with van der Waals surface area (Å²) in [4.78, 5) is 27.6. The predicted octanol–water partition coefficient (Wildman–Crippen LogP) is -0.484. The summed E-state index contributed by atoms with van der Waals surface area (Å²) in [5.74, 6) is -0.480. The van der Waals surface area contributed by atoms with Gasteiger partial charge in [0.15, 0.2) is 0 Å². The number of urea groups is 1. The molecular weight excluding hydrogens is 310 g/mol. The van der Waals surface area contributed by atoms with Gasteiger partial charge in [-0.15, -0.1) is 0 Å². The van der Waals surface area contributed by atoms with Crippen LogP contribution < -0.4 is 16.4 Å². The number of rotatable bonds is 7. The number of amides is 3. The van der Waals surface area contributed by atoms with Gasteiger partial charge in [-0.3, -0.25) is 14.4 Å². The van der Waals surface area contributed by atoms with Crippen LogP contribution in [-0.4, -0.2) is 76.8 Å². The first kappa shape index (κ1) is 18.2. The van der Waals surface area contributed by atoms with E-state index in [-0.39, 0.29) is 18.6 Å². The Kier molecular flexibility index (Phi) is 6.56. The Balaban J connectivity index is 1.71. The van der Waals surface area contributed by atoms with Crippen LogP contribution in [0.15, 0.2) is 12.4 Å². The molecule has 3 amide bonds. The van der Waals surface area contributed by atoms with Crippen molar-refractivity contribution in [1.29, 1.82) is 0 Å². The van der Waals surface area contributed by atoms with Crippen LogP contribution in [0.3, 0.4) is 0 Å². The summed E-state index contributed by atoms with van der Waals surface area (Å²) in [6.45, 7) is 10.2. The molecule has 1 aliphatic rings. The summed E-state index contributed by atoms with van der Waals surface area (Å²) in [6.07, 6.45) is 3.05. The average Bonchev–Trinajstić information content (AvgIpc) is 2.98. The van der Waals surface area contributed by atoms with Gasteiger partial charge in [-0.1, -0.05) is 6.92 Å². The molecule has 1 atom stereocenters. The van der Waals surface area contributed by atoms with E-state index in [4.69, 9.17) is 5.73 Å². The molecule has 1 fully saturated rings. The quantitative estimate of drug-likeness (QED) is 0.622. The second-order valence-corrected chi connectivity index (χ2v) is 6.05. The number of anilines is 1. The highest BCUT2D eigenvalue weighted by Crippen LogP contribution is 2.06. The molecule has 1 aliphatic heterocycles. The SMILES string of the molecule is CCN1CCN([C@H](C)CNC(=O)Nc2cnn(CC(N)=O)c2)CC1. The van der Waals surface area contributed by atoms with Gasteiger partial charge in [-0.05, 0) is 13.5 Å². The molecule has 0 spiro atoms. The smallest absolute Gasteiger partial charge is 0.319 e. The fourth-order valence-electron chi connectivity index (χ4n) is 2.74. The number of nitrogens with zero attached hydrogens (tertiary/aromatic N) is 4. The number of primary amides is 1. The summed E-state index contributed by atoms with van der Waals surface area (Å²) in [7, 11) is 0. The van der Waals surface area contributed by atoms with E-state index in [9.17, 15) is 9.59 Å². The van der Waals surface area contributed by atoms with Gasteiger partial charge in [0.2, 0.25) is 5.91 Å². The highest BCUT2D eigenvalue weighted by Gasteiger charge is 2.20. The van der Waals surface area contributed by atoms with Crippen molar-refractivity contribution >= 4 is 17.6 Å². The number of carbonyl (C=O) groups excluding carboxylic acids is 2. The molecule has 0 unspecified atom stereocenters. The molecule has 0 radical (unpaired) electrons. The van der Waals surface area contributed by atoms with Crippen LogP contribution in [0, 0.1) is 0 Å². The summed E-state index contributed by atoms with van der Waals surface area (Å²) >= 11 is 0. The van der Waals surface area contributed by atoms with Gasteiger partial charge in [0.05, 0.1) is 11.9 Å². The zero-order valence-electron chi connectivity index (χ0n) is 14.4. The molecule has 0 bridgehead atoms. The van der Waals surface area contributed by atoms with Gasteiger partial charge < -0.3 is 21.3 Å². The lowest BCUT2D eigenvalue weighted by Gasteiger charge is -2.37. The lowest BCUT2D eigenvalue weighted by Crippen LogP contribution is -2.52. The van der Waals surface area contributed by atoms with Crippen LogP contribution >= 0.6 is 0 Å². The van der Waals surface area contributed by atoms with E-state index in [1.165, 1.54) is 10.9 Å². The van der Waals surface area contributed by atoms with Crippen molar-refractivity contribution in [2.75, 3.05) is 44.6 Å². The number of likely N-dealkylation sites (N-methyl/N-ethyl adjacent to an activating group) is 1. The molecule has 0 saturated carbocycles. The maximum Gasteiger partial charge on any atom is 0.319 e. The van der Waals surface area contributed by atoms with Crippen LogP contribution in [0.2, 0.25) is 0 Å². The van der Waals surface area contributed by atoms with Crippen LogP contribution in [0.1, 0.15) is 13.8 Å². The van der Waals surface area contributed by atoms with Crippen molar-refractivity contribution < 1.29 is 9.59 Å². The molecular formula is C15H27N7O2. The summed E-state index contributed by atoms with van der Waals surface area (Å²) in [6, 6.07) is 0.00000939. The highest BCUT2D eigenvalue weighted by molar-refractivity contribution is 5.88. The van der Waals surface area contributed by atoms with Crippen LogP contribution in [0.5, 0.6) is 0 Å². The van der Waals surface area contributed by atoms with Crippen molar-refractivity contribution in [3.63, 3.8) is 0 Å². The average molecular weight is 337 g/mol. The fraction of sp³-hybridized carbons (Fsp3) is 0.667. The highest BCUT2D eigenvalue weighted by atomic mass is 16.2. The normalized spacial score (nSPS) is 17.4. The minimum atomic E-state index is -0.480. The number of aromatic nitrogens is 2. The molecule has 24 heavy (non-hydrogen) atoms. The summed E-state index contributed by atoms with van der Waals surface area (Å²) in [5, 5.41) is 9.52. The zero-order valence-corrected chi connectivity index (χ0v) is 14.4. The maximum absolute atomic E-state index is 12.0. The number of carbonyl (C=O) groups is 2. The second-order valence-electron chi connectivity index (χ2n) is 6.05. The van der Waals surface area contributed by atoms with E-state index >= 15 is 0 Å². The Morgan fingerprint density at radius 3 is 2.67 bits per heavy atom. The Labute approximate surface area is 142 Å². The van der Waals surface area contributed by atoms with Gasteiger partial charge in [0.1, 0.15) is 6.54 Å². The standard InChI is InChI=1S/C15H27N7O2/c1-3-20-4-6-21(7-5-20)12(2)8-17-15(24)19-13-9-18-22(10-13)11-14(16)23/h9-10,12H,3-8,11H2,1-2H3,(H2,16,23)(H2,17,19,24)/t12-/m1/s1. The molecule has 9 nitrogen and oxygen atoms in total. The van der Waals surface area contributed by atoms with Gasteiger partial charge >= 0.3 is 6.03 Å². The summed E-state index contributed by atoms with van der Waals surface area (Å²) < 4.78 is 1.38. The third-order valence-electron chi connectivity index (χ3n) is 4.24. The van der Waals surface area contributed by atoms with E-state index in [0.717, 1.165) is 32.7 Å².